The highest BCUT2D eigenvalue weighted by atomic mass is 19.1. The molecular weight excluding hydrogens is 247 g/mol. The SMILES string of the molecule is CC1CCNC(CCO)C(=O)N1c1ccc(F)cc1. The number of amides is 1. The van der Waals surface area contributed by atoms with Gasteiger partial charge in [-0.2, -0.15) is 0 Å². The molecule has 0 aromatic heterocycles. The van der Waals surface area contributed by atoms with Crippen LogP contribution in [0.5, 0.6) is 0 Å². The van der Waals surface area contributed by atoms with Gasteiger partial charge in [-0.15, -0.1) is 0 Å². The Morgan fingerprint density at radius 3 is 2.74 bits per heavy atom. The van der Waals surface area contributed by atoms with Crippen LogP contribution in [0.2, 0.25) is 0 Å². The minimum Gasteiger partial charge on any atom is -0.396 e. The van der Waals surface area contributed by atoms with Gasteiger partial charge in [0.25, 0.3) is 0 Å². The second kappa shape index (κ2) is 6.12. The van der Waals surface area contributed by atoms with Crippen molar-refractivity contribution in [2.24, 2.45) is 0 Å². The first kappa shape index (κ1) is 14.0. The number of anilines is 1. The zero-order valence-electron chi connectivity index (χ0n) is 11.0. The number of aliphatic hydroxyl groups excluding tert-OH is 1. The van der Waals surface area contributed by atoms with Gasteiger partial charge in [-0.3, -0.25) is 4.79 Å². The third kappa shape index (κ3) is 3.11. The molecule has 1 heterocycles. The Kier molecular flexibility index (Phi) is 4.50. The molecule has 4 nitrogen and oxygen atoms in total. The number of halogens is 1. The maximum atomic E-state index is 13.0. The maximum absolute atomic E-state index is 13.0. The number of hydrogen-bond acceptors (Lipinski definition) is 3. The number of nitrogens with one attached hydrogen (secondary N) is 1. The fourth-order valence-corrected chi connectivity index (χ4v) is 2.41. The smallest absolute Gasteiger partial charge is 0.244 e. The number of carbonyl (C=O) groups excluding carboxylic acids is 1. The zero-order valence-corrected chi connectivity index (χ0v) is 11.0. The highest BCUT2D eigenvalue weighted by molar-refractivity contribution is 5.98. The van der Waals surface area contributed by atoms with Crippen molar-refractivity contribution in [3.8, 4) is 0 Å². The number of nitrogens with zero attached hydrogens (tertiary/aromatic N) is 1. The quantitative estimate of drug-likeness (QED) is 0.867. The number of aliphatic hydroxyl groups is 1. The van der Waals surface area contributed by atoms with Crippen LogP contribution in [-0.4, -0.2) is 36.2 Å². The summed E-state index contributed by atoms with van der Waals surface area (Å²) < 4.78 is 13.0. The van der Waals surface area contributed by atoms with E-state index in [1.165, 1.54) is 12.1 Å². The maximum Gasteiger partial charge on any atom is 0.244 e. The number of benzene rings is 1. The Morgan fingerprint density at radius 1 is 1.42 bits per heavy atom. The normalized spacial score (nSPS) is 24.4. The summed E-state index contributed by atoms with van der Waals surface area (Å²) >= 11 is 0. The van der Waals surface area contributed by atoms with Gasteiger partial charge in [0, 0.05) is 18.3 Å². The van der Waals surface area contributed by atoms with Crippen LogP contribution in [0, 0.1) is 5.82 Å². The molecule has 1 amide bonds. The second-order valence-electron chi connectivity index (χ2n) is 4.84. The van der Waals surface area contributed by atoms with Gasteiger partial charge in [-0.1, -0.05) is 0 Å². The topological polar surface area (TPSA) is 52.6 Å². The Morgan fingerprint density at radius 2 is 2.11 bits per heavy atom. The Labute approximate surface area is 112 Å². The van der Waals surface area contributed by atoms with Crippen LogP contribution in [0.15, 0.2) is 24.3 Å². The van der Waals surface area contributed by atoms with E-state index in [9.17, 15) is 9.18 Å². The standard InChI is InChI=1S/C14H19FN2O2/c1-10-6-8-16-13(7-9-18)14(19)17(10)12-4-2-11(15)3-5-12/h2-5,10,13,16,18H,6-9H2,1H3. The van der Waals surface area contributed by atoms with E-state index in [0.717, 1.165) is 13.0 Å². The van der Waals surface area contributed by atoms with Gasteiger partial charge >= 0.3 is 0 Å². The predicted octanol–water partition coefficient (Wildman–Crippen LogP) is 1.29. The Hall–Kier alpha value is -1.46. The molecule has 5 heteroatoms. The summed E-state index contributed by atoms with van der Waals surface area (Å²) in [5.74, 6) is -0.380. The lowest BCUT2D eigenvalue weighted by Gasteiger charge is -2.29. The van der Waals surface area contributed by atoms with Crippen molar-refractivity contribution in [2.45, 2.75) is 31.8 Å². The van der Waals surface area contributed by atoms with Gasteiger partial charge < -0.3 is 15.3 Å². The van der Waals surface area contributed by atoms with E-state index >= 15 is 0 Å². The molecule has 1 aromatic rings. The molecule has 0 bridgehead atoms. The second-order valence-corrected chi connectivity index (χ2v) is 4.84. The molecule has 19 heavy (non-hydrogen) atoms. The molecule has 1 fully saturated rings. The van der Waals surface area contributed by atoms with E-state index in [1.807, 2.05) is 6.92 Å². The molecule has 2 atom stereocenters. The highest BCUT2D eigenvalue weighted by Gasteiger charge is 2.31. The van der Waals surface area contributed by atoms with Crippen LogP contribution in [0.3, 0.4) is 0 Å². The largest absolute Gasteiger partial charge is 0.396 e. The number of carbonyl (C=O) groups is 1. The van der Waals surface area contributed by atoms with Crippen molar-refractivity contribution < 1.29 is 14.3 Å². The van der Waals surface area contributed by atoms with E-state index in [2.05, 4.69) is 5.32 Å². The summed E-state index contributed by atoms with van der Waals surface area (Å²) in [6.45, 7) is 2.68. The molecule has 1 aromatic carbocycles. The fourth-order valence-electron chi connectivity index (χ4n) is 2.41. The lowest BCUT2D eigenvalue weighted by atomic mass is 10.1. The average molecular weight is 266 g/mol. The summed E-state index contributed by atoms with van der Waals surface area (Å²) in [6, 6.07) is 5.62. The van der Waals surface area contributed by atoms with Crippen LogP contribution >= 0.6 is 0 Å². The van der Waals surface area contributed by atoms with E-state index in [0.29, 0.717) is 12.1 Å². The molecule has 0 radical (unpaired) electrons. The summed E-state index contributed by atoms with van der Waals surface area (Å²) in [5, 5.41) is 12.2. The van der Waals surface area contributed by atoms with Crippen LogP contribution in [-0.2, 0) is 4.79 Å². The first-order chi connectivity index (χ1) is 9.13. The molecule has 2 unspecified atom stereocenters. The molecule has 2 rings (SSSR count). The fraction of sp³-hybridized carbons (Fsp3) is 0.500. The van der Waals surface area contributed by atoms with Gasteiger partial charge in [0.15, 0.2) is 0 Å². The first-order valence-electron chi connectivity index (χ1n) is 6.56. The van der Waals surface area contributed by atoms with E-state index in [1.54, 1.807) is 17.0 Å². The predicted molar refractivity (Wildman–Crippen MR) is 71.5 cm³/mol. The number of hydrogen-bond donors (Lipinski definition) is 2. The van der Waals surface area contributed by atoms with Crippen molar-refractivity contribution in [1.29, 1.82) is 0 Å². The summed E-state index contributed by atoms with van der Waals surface area (Å²) in [4.78, 5) is 14.2. The molecule has 0 aliphatic carbocycles. The molecule has 104 valence electrons. The average Bonchev–Trinajstić information content (AvgIpc) is 2.52. The molecular formula is C14H19FN2O2. The molecule has 0 saturated carbocycles. The van der Waals surface area contributed by atoms with Gasteiger partial charge in [0.1, 0.15) is 5.82 Å². The zero-order chi connectivity index (χ0) is 13.8. The van der Waals surface area contributed by atoms with Gasteiger partial charge in [0.05, 0.1) is 6.04 Å². The summed E-state index contributed by atoms with van der Waals surface area (Å²) in [6.07, 6.45) is 1.22. The van der Waals surface area contributed by atoms with Crippen LogP contribution in [0.4, 0.5) is 10.1 Å². The van der Waals surface area contributed by atoms with Gasteiger partial charge in [-0.25, -0.2) is 4.39 Å². The molecule has 0 spiro atoms. The van der Waals surface area contributed by atoms with Crippen molar-refractivity contribution in [2.75, 3.05) is 18.1 Å². The molecule has 1 aliphatic rings. The summed E-state index contributed by atoms with van der Waals surface area (Å²) in [5.41, 5.74) is 0.700. The monoisotopic (exact) mass is 266 g/mol. The number of rotatable bonds is 3. The Bertz CT molecular complexity index is 436. The third-order valence-corrected chi connectivity index (χ3v) is 3.45. The van der Waals surface area contributed by atoms with Crippen LogP contribution in [0.1, 0.15) is 19.8 Å². The van der Waals surface area contributed by atoms with E-state index in [4.69, 9.17) is 5.11 Å². The van der Waals surface area contributed by atoms with E-state index in [-0.39, 0.29) is 30.4 Å². The minimum atomic E-state index is -0.375. The molecule has 1 saturated heterocycles. The van der Waals surface area contributed by atoms with Gasteiger partial charge in [0.2, 0.25) is 5.91 Å². The minimum absolute atomic E-state index is 0.0327. The van der Waals surface area contributed by atoms with Crippen molar-refractivity contribution in [3.05, 3.63) is 30.1 Å². The van der Waals surface area contributed by atoms with Crippen molar-refractivity contribution in [1.82, 2.24) is 5.32 Å². The lowest BCUT2D eigenvalue weighted by Crippen LogP contribution is -2.46. The Balaban J connectivity index is 2.27. The van der Waals surface area contributed by atoms with Crippen LogP contribution < -0.4 is 10.2 Å². The van der Waals surface area contributed by atoms with Crippen molar-refractivity contribution in [3.63, 3.8) is 0 Å². The van der Waals surface area contributed by atoms with Crippen LogP contribution in [0.25, 0.3) is 0 Å². The summed E-state index contributed by atoms with van der Waals surface area (Å²) in [7, 11) is 0. The molecule has 2 N–H and O–H groups in total. The highest BCUT2D eigenvalue weighted by Crippen LogP contribution is 2.22. The first-order valence-corrected chi connectivity index (χ1v) is 6.56. The third-order valence-electron chi connectivity index (χ3n) is 3.45. The van der Waals surface area contributed by atoms with E-state index < -0.39 is 0 Å². The molecule has 1 aliphatic heterocycles. The van der Waals surface area contributed by atoms with Gasteiger partial charge in [-0.05, 0) is 50.6 Å². The van der Waals surface area contributed by atoms with Crippen molar-refractivity contribution >= 4 is 11.6 Å². The lowest BCUT2D eigenvalue weighted by molar-refractivity contribution is -0.120.